The van der Waals surface area contributed by atoms with Crippen LogP contribution in [0.15, 0.2) is 30.5 Å². The summed E-state index contributed by atoms with van der Waals surface area (Å²) in [6.07, 6.45) is 5.77. The number of imidazole rings is 1. The molecule has 0 spiro atoms. The lowest BCUT2D eigenvalue weighted by atomic mass is 10.2. The summed E-state index contributed by atoms with van der Waals surface area (Å²) < 4.78 is 4.70. The number of nitrogens with zero attached hydrogens (tertiary/aromatic N) is 3. The number of rotatable bonds is 3. The summed E-state index contributed by atoms with van der Waals surface area (Å²) in [4.78, 5) is 4.95. The van der Waals surface area contributed by atoms with Crippen LogP contribution in [0.1, 0.15) is 44.0 Å². The molecule has 3 heteroatoms. The highest BCUT2D eigenvalue weighted by Gasteiger charge is 2.29. The van der Waals surface area contributed by atoms with Gasteiger partial charge in [-0.05, 0) is 32.3 Å². The zero-order valence-electron chi connectivity index (χ0n) is 12.1. The molecule has 0 saturated heterocycles. The van der Waals surface area contributed by atoms with Gasteiger partial charge in [0.15, 0.2) is 11.0 Å². The van der Waals surface area contributed by atoms with Gasteiger partial charge >= 0.3 is 0 Å². The van der Waals surface area contributed by atoms with Gasteiger partial charge in [0.25, 0.3) is 5.65 Å². The highest BCUT2D eigenvalue weighted by Crippen LogP contribution is 2.40. The maximum absolute atomic E-state index is 4.95. The van der Waals surface area contributed by atoms with Crippen molar-refractivity contribution in [1.82, 2.24) is 9.38 Å². The first-order chi connectivity index (χ1) is 9.83. The van der Waals surface area contributed by atoms with Crippen molar-refractivity contribution in [2.45, 2.75) is 45.6 Å². The minimum atomic E-state index is 0.703. The lowest BCUT2D eigenvalue weighted by Gasteiger charge is -2.02. The quantitative estimate of drug-likeness (QED) is 0.667. The molecule has 102 valence electrons. The highest BCUT2D eigenvalue weighted by atomic mass is 15.1. The summed E-state index contributed by atoms with van der Waals surface area (Å²) in [6, 6.07) is 8.72. The second-order valence-corrected chi connectivity index (χ2v) is 5.66. The summed E-state index contributed by atoms with van der Waals surface area (Å²) in [5.74, 6) is 0.703. The smallest absolute Gasteiger partial charge is 0.253 e. The zero-order chi connectivity index (χ0) is 13.7. The molecule has 0 N–H and O–H groups in total. The Hall–Kier alpha value is -1.90. The van der Waals surface area contributed by atoms with Crippen LogP contribution in [-0.2, 0) is 13.0 Å². The van der Waals surface area contributed by atoms with Crippen molar-refractivity contribution < 1.29 is 4.57 Å². The van der Waals surface area contributed by atoms with Crippen molar-refractivity contribution in [2.24, 2.45) is 0 Å². The van der Waals surface area contributed by atoms with Crippen molar-refractivity contribution in [3.05, 3.63) is 41.9 Å². The van der Waals surface area contributed by atoms with Crippen LogP contribution in [-0.4, -0.2) is 9.38 Å². The molecule has 1 aliphatic carbocycles. The number of hydrogen-bond acceptors (Lipinski definition) is 1. The predicted molar refractivity (Wildman–Crippen MR) is 79.9 cm³/mol. The molecule has 3 aromatic rings. The lowest BCUT2D eigenvalue weighted by molar-refractivity contribution is -0.642. The molecular weight excluding hydrogens is 246 g/mol. The minimum Gasteiger partial charge on any atom is -0.253 e. The first-order valence-corrected chi connectivity index (χ1v) is 7.66. The van der Waals surface area contributed by atoms with E-state index < -0.39 is 0 Å². The van der Waals surface area contributed by atoms with E-state index in [-0.39, 0.29) is 0 Å². The van der Waals surface area contributed by atoms with Gasteiger partial charge in [-0.15, -0.1) is 0 Å². The highest BCUT2D eigenvalue weighted by molar-refractivity contribution is 5.78. The topological polar surface area (TPSA) is 21.2 Å². The number of aryl methyl sites for hydroxylation is 2. The minimum absolute atomic E-state index is 0.703. The summed E-state index contributed by atoms with van der Waals surface area (Å²) >= 11 is 0. The fourth-order valence-electron chi connectivity index (χ4n) is 3.20. The van der Waals surface area contributed by atoms with Gasteiger partial charge in [0.1, 0.15) is 0 Å². The summed E-state index contributed by atoms with van der Waals surface area (Å²) in [7, 11) is 0. The number of fused-ring (bicyclic) bond motifs is 3. The van der Waals surface area contributed by atoms with Crippen molar-refractivity contribution in [2.75, 3.05) is 0 Å². The molecule has 0 aromatic carbocycles. The first-order valence-electron chi connectivity index (χ1n) is 7.66. The average molecular weight is 266 g/mol. The van der Waals surface area contributed by atoms with Gasteiger partial charge in [-0.2, -0.15) is 4.40 Å². The van der Waals surface area contributed by atoms with Gasteiger partial charge in [0, 0.05) is 23.7 Å². The van der Waals surface area contributed by atoms with E-state index in [2.05, 4.69) is 53.3 Å². The van der Waals surface area contributed by atoms with Gasteiger partial charge in [-0.1, -0.05) is 13.0 Å². The molecule has 0 bridgehead atoms. The third-order valence-electron chi connectivity index (χ3n) is 4.36. The Balaban J connectivity index is 2.16. The molecule has 1 saturated carbocycles. The van der Waals surface area contributed by atoms with Crippen LogP contribution in [0.2, 0.25) is 0 Å². The molecule has 0 radical (unpaired) electrons. The Bertz CT molecular complexity index is 797. The summed E-state index contributed by atoms with van der Waals surface area (Å²) in [6.45, 7) is 5.40. The van der Waals surface area contributed by atoms with Crippen LogP contribution in [0, 0.1) is 0 Å². The molecule has 3 heterocycles. The molecular formula is C17H20N3+. The molecule has 4 rings (SSSR count). The van der Waals surface area contributed by atoms with E-state index in [4.69, 9.17) is 4.98 Å². The second kappa shape index (κ2) is 4.30. The molecule has 3 aromatic heterocycles. The Morgan fingerprint density at radius 1 is 1.30 bits per heavy atom. The Morgan fingerprint density at radius 2 is 2.15 bits per heavy atom. The van der Waals surface area contributed by atoms with Crippen LogP contribution >= 0.6 is 0 Å². The molecule has 3 nitrogen and oxygen atoms in total. The van der Waals surface area contributed by atoms with Gasteiger partial charge in [-0.3, -0.25) is 4.98 Å². The van der Waals surface area contributed by atoms with Crippen molar-refractivity contribution in [1.29, 1.82) is 0 Å². The molecule has 0 unspecified atom stereocenters. The third kappa shape index (κ3) is 1.59. The van der Waals surface area contributed by atoms with E-state index in [0.717, 1.165) is 13.0 Å². The van der Waals surface area contributed by atoms with E-state index in [1.807, 2.05) is 0 Å². The Labute approximate surface area is 118 Å². The standard InChI is InChI=1S/C17H20N3/c1-3-13-17-15(11-14(18-13)12-8-9-12)20-10-6-5-7-16(20)19(17)4-2/h5-7,10-12H,3-4,8-9H2,1-2H3/q+1. The largest absolute Gasteiger partial charge is 0.287 e. The van der Waals surface area contributed by atoms with Crippen LogP contribution < -0.4 is 4.57 Å². The molecule has 20 heavy (non-hydrogen) atoms. The molecule has 0 amide bonds. The first kappa shape index (κ1) is 11.9. The van der Waals surface area contributed by atoms with E-state index in [1.54, 1.807) is 0 Å². The van der Waals surface area contributed by atoms with Gasteiger partial charge in [0.2, 0.25) is 0 Å². The van der Waals surface area contributed by atoms with E-state index >= 15 is 0 Å². The SMILES string of the molecule is CCc1nc(C2CC2)cc2c1[n+](CC)c1ccccn21. The molecule has 1 aliphatic rings. The lowest BCUT2D eigenvalue weighted by Crippen LogP contribution is -2.32. The van der Waals surface area contributed by atoms with Crippen molar-refractivity contribution in [3.63, 3.8) is 0 Å². The van der Waals surface area contributed by atoms with Crippen LogP contribution in [0.25, 0.3) is 16.7 Å². The monoisotopic (exact) mass is 266 g/mol. The Morgan fingerprint density at radius 3 is 2.85 bits per heavy atom. The number of pyridine rings is 2. The Kier molecular flexibility index (Phi) is 2.56. The van der Waals surface area contributed by atoms with Gasteiger partial charge in [0.05, 0.1) is 18.4 Å². The maximum atomic E-state index is 4.95. The maximum Gasteiger partial charge on any atom is 0.287 e. The average Bonchev–Trinajstić information content (AvgIpc) is 3.29. The van der Waals surface area contributed by atoms with Crippen molar-refractivity contribution >= 4 is 16.7 Å². The van der Waals surface area contributed by atoms with E-state index in [0.29, 0.717) is 5.92 Å². The summed E-state index contributed by atoms with van der Waals surface area (Å²) in [5, 5.41) is 0. The number of aromatic nitrogens is 3. The second-order valence-electron chi connectivity index (χ2n) is 5.66. The fraction of sp³-hybridized carbons (Fsp3) is 0.412. The van der Waals surface area contributed by atoms with Crippen LogP contribution in [0.5, 0.6) is 0 Å². The normalized spacial score (nSPS) is 15.3. The molecule has 0 atom stereocenters. The molecule has 0 aliphatic heterocycles. The number of hydrogen-bond donors (Lipinski definition) is 0. The summed E-state index contributed by atoms with van der Waals surface area (Å²) in [5.41, 5.74) is 6.42. The fourth-order valence-corrected chi connectivity index (χ4v) is 3.20. The van der Waals surface area contributed by atoms with Crippen molar-refractivity contribution in [3.8, 4) is 0 Å². The van der Waals surface area contributed by atoms with Crippen LogP contribution in [0.3, 0.4) is 0 Å². The zero-order valence-corrected chi connectivity index (χ0v) is 12.1. The van der Waals surface area contributed by atoms with Crippen LogP contribution in [0.4, 0.5) is 0 Å². The van der Waals surface area contributed by atoms with E-state index in [9.17, 15) is 0 Å². The van der Waals surface area contributed by atoms with Gasteiger partial charge < -0.3 is 0 Å². The van der Waals surface area contributed by atoms with Gasteiger partial charge in [-0.25, -0.2) is 4.57 Å². The molecule has 1 fully saturated rings. The third-order valence-corrected chi connectivity index (χ3v) is 4.36. The van der Waals surface area contributed by atoms with E-state index in [1.165, 1.54) is 40.9 Å². The predicted octanol–water partition coefficient (Wildman–Crippen LogP) is 3.23.